The Kier molecular flexibility index (Phi) is 4.98. The number of hydrogen-bond donors (Lipinski definition) is 2. The summed E-state index contributed by atoms with van der Waals surface area (Å²) in [5.74, 6) is 0.803. The summed E-state index contributed by atoms with van der Waals surface area (Å²) < 4.78 is 0. The third-order valence-electron chi connectivity index (χ3n) is 7.65. The zero-order valence-corrected chi connectivity index (χ0v) is 18.8. The number of rotatable bonds is 6. The van der Waals surface area contributed by atoms with Gasteiger partial charge in [-0.05, 0) is 47.9 Å². The van der Waals surface area contributed by atoms with Gasteiger partial charge in [-0.1, -0.05) is 36.4 Å². The van der Waals surface area contributed by atoms with Crippen LogP contribution in [-0.2, 0) is 11.3 Å². The van der Waals surface area contributed by atoms with Crippen molar-refractivity contribution in [1.29, 1.82) is 0 Å². The molecule has 1 unspecified atom stereocenters. The number of aromatic nitrogens is 1. The van der Waals surface area contributed by atoms with E-state index < -0.39 is 0 Å². The van der Waals surface area contributed by atoms with Gasteiger partial charge in [0.15, 0.2) is 0 Å². The maximum Gasteiger partial charge on any atom is 0.253 e. The molecule has 6 heteroatoms. The molecule has 3 aromatic rings. The van der Waals surface area contributed by atoms with Crippen molar-refractivity contribution in [2.24, 2.45) is 17.3 Å². The zero-order valence-electron chi connectivity index (χ0n) is 18.8. The highest BCUT2D eigenvalue weighted by atomic mass is 16.2. The molecule has 6 rings (SSSR count). The average Bonchev–Trinajstić information content (AvgIpc) is 3.38. The first kappa shape index (κ1) is 20.5. The van der Waals surface area contributed by atoms with Gasteiger partial charge in [-0.25, -0.2) is 0 Å². The molecule has 33 heavy (non-hydrogen) atoms. The van der Waals surface area contributed by atoms with Crippen molar-refractivity contribution in [3.8, 4) is 0 Å². The fourth-order valence-corrected chi connectivity index (χ4v) is 5.63. The highest BCUT2D eigenvalue weighted by Gasteiger charge is 2.57. The van der Waals surface area contributed by atoms with Crippen molar-refractivity contribution in [2.75, 3.05) is 32.7 Å². The first-order valence-corrected chi connectivity index (χ1v) is 12.0. The molecule has 3 aliphatic rings. The van der Waals surface area contributed by atoms with E-state index in [1.165, 1.54) is 18.4 Å². The van der Waals surface area contributed by atoms with Gasteiger partial charge >= 0.3 is 0 Å². The number of nitrogens with zero attached hydrogens (tertiary/aromatic N) is 2. The second-order valence-electron chi connectivity index (χ2n) is 10.2. The molecule has 1 atom stereocenters. The third-order valence-corrected chi connectivity index (χ3v) is 7.65. The third kappa shape index (κ3) is 3.93. The van der Waals surface area contributed by atoms with Crippen LogP contribution in [0.4, 0.5) is 0 Å². The Morgan fingerprint density at radius 1 is 1.03 bits per heavy atom. The number of benzene rings is 2. The Morgan fingerprint density at radius 2 is 1.85 bits per heavy atom. The van der Waals surface area contributed by atoms with E-state index in [-0.39, 0.29) is 23.1 Å². The molecule has 2 saturated heterocycles. The van der Waals surface area contributed by atoms with Crippen molar-refractivity contribution in [3.05, 3.63) is 71.9 Å². The number of amides is 2. The molecule has 2 amide bonds. The van der Waals surface area contributed by atoms with Gasteiger partial charge in [0.05, 0.1) is 5.92 Å². The summed E-state index contributed by atoms with van der Waals surface area (Å²) in [7, 11) is 0. The normalized spacial score (nSPS) is 21.9. The molecule has 2 N–H and O–H groups in total. The van der Waals surface area contributed by atoms with E-state index in [9.17, 15) is 9.59 Å². The number of nitrogens with one attached hydrogen (secondary N) is 2. The molecule has 1 spiro atoms. The Balaban J connectivity index is 1.17. The summed E-state index contributed by atoms with van der Waals surface area (Å²) in [6, 6.07) is 18.3. The second kappa shape index (κ2) is 8.03. The van der Waals surface area contributed by atoms with E-state index in [4.69, 9.17) is 0 Å². The minimum Gasteiger partial charge on any atom is -0.361 e. The molecule has 0 bridgehead atoms. The number of carbonyl (C=O) groups is 2. The lowest BCUT2D eigenvalue weighted by Gasteiger charge is -2.50. The van der Waals surface area contributed by atoms with Crippen LogP contribution in [0.5, 0.6) is 0 Å². The van der Waals surface area contributed by atoms with Crippen LogP contribution in [0.1, 0.15) is 28.8 Å². The van der Waals surface area contributed by atoms with Gasteiger partial charge in [0, 0.05) is 62.0 Å². The summed E-state index contributed by atoms with van der Waals surface area (Å²) in [6.45, 7) is 4.52. The predicted octanol–water partition coefficient (Wildman–Crippen LogP) is 3.27. The van der Waals surface area contributed by atoms with Crippen molar-refractivity contribution in [3.63, 3.8) is 0 Å². The van der Waals surface area contributed by atoms with Crippen LogP contribution in [-0.4, -0.2) is 59.3 Å². The average molecular weight is 443 g/mol. The SMILES string of the molecule is O=C(NCC1CC1)C1CN(Cc2ccccc2)CC12CN(C(=O)c1ccc3cc[nH]c3c1)C2. The largest absolute Gasteiger partial charge is 0.361 e. The van der Waals surface area contributed by atoms with Gasteiger partial charge in [0.2, 0.25) is 5.91 Å². The molecule has 2 aromatic carbocycles. The molecule has 3 fully saturated rings. The minimum atomic E-state index is -0.158. The van der Waals surface area contributed by atoms with Gasteiger partial charge in [-0.2, -0.15) is 0 Å². The standard InChI is InChI=1S/C27H30N4O2/c32-25(29-13-19-6-7-19)23-15-30(14-20-4-2-1-3-5-20)16-27(23)17-31(18-27)26(33)22-9-8-21-10-11-28-24(21)12-22/h1-5,8-12,19,23,28H,6-7,13-18H2,(H,29,32). The monoisotopic (exact) mass is 442 g/mol. The molecule has 1 aromatic heterocycles. The number of H-pyrrole nitrogens is 1. The van der Waals surface area contributed by atoms with Crippen molar-refractivity contribution in [2.45, 2.75) is 19.4 Å². The molecule has 1 saturated carbocycles. The van der Waals surface area contributed by atoms with Crippen LogP contribution in [0.2, 0.25) is 0 Å². The summed E-state index contributed by atoms with van der Waals surface area (Å²) >= 11 is 0. The highest BCUT2D eigenvalue weighted by Crippen LogP contribution is 2.45. The minimum absolute atomic E-state index is 0.0516. The van der Waals surface area contributed by atoms with E-state index in [0.717, 1.165) is 37.1 Å². The van der Waals surface area contributed by atoms with Crippen LogP contribution in [0.3, 0.4) is 0 Å². The Labute approximate surface area is 193 Å². The van der Waals surface area contributed by atoms with Crippen molar-refractivity contribution in [1.82, 2.24) is 20.1 Å². The molecule has 1 aliphatic carbocycles. The maximum atomic E-state index is 13.2. The van der Waals surface area contributed by atoms with Gasteiger partial charge in [-0.15, -0.1) is 0 Å². The first-order valence-electron chi connectivity index (χ1n) is 12.0. The highest BCUT2D eigenvalue weighted by molar-refractivity contribution is 5.98. The fourth-order valence-electron chi connectivity index (χ4n) is 5.63. The fraction of sp³-hybridized carbons (Fsp3) is 0.407. The van der Waals surface area contributed by atoms with Gasteiger partial charge in [0.1, 0.15) is 0 Å². The van der Waals surface area contributed by atoms with E-state index in [2.05, 4.69) is 39.5 Å². The smallest absolute Gasteiger partial charge is 0.253 e. The van der Waals surface area contributed by atoms with Crippen LogP contribution in [0.15, 0.2) is 60.8 Å². The number of fused-ring (bicyclic) bond motifs is 1. The van der Waals surface area contributed by atoms with E-state index >= 15 is 0 Å². The summed E-state index contributed by atoms with van der Waals surface area (Å²) in [4.78, 5) is 33.9. The molecular formula is C27H30N4O2. The van der Waals surface area contributed by atoms with Crippen LogP contribution < -0.4 is 5.32 Å². The summed E-state index contributed by atoms with van der Waals surface area (Å²) in [5, 5.41) is 4.32. The molecular weight excluding hydrogens is 412 g/mol. The molecule has 3 heterocycles. The lowest BCUT2D eigenvalue weighted by Crippen LogP contribution is -2.64. The van der Waals surface area contributed by atoms with Crippen molar-refractivity contribution < 1.29 is 9.59 Å². The number of carbonyl (C=O) groups excluding carboxylic acids is 2. The second-order valence-corrected chi connectivity index (χ2v) is 10.2. The van der Waals surface area contributed by atoms with Gasteiger partial charge in [-0.3, -0.25) is 14.5 Å². The molecule has 2 aliphatic heterocycles. The van der Waals surface area contributed by atoms with Crippen LogP contribution in [0, 0.1) is 17.3 Å². The maximum absolute atomic E-state index is 13.2. The number of hydrogen-bond acceptors (Lipinski definition) is 3. The van der Waals surface area contributed by atoms with Crippen molar-refractivity contribution >= 4 is 22.7 Å². The summed E-state index contributed by atoms with van der Waals surface area (Å²) in [5.41, 5.74) is 2.78. The Bertz CT molecular complexity index is 1180. The molecule has 6 nitrogen and oxygen atoms in total. The van der Waals surface area contributed by atoms with Crippen LogP contribution in [0.25, 0.3) is 10.9 Å². The quantitative estimate of drug-likeness (QED) is 0.616. The lowest BCUT2D eigenvalue weighted by atomic mass is 9.71. The predicted molar refractivity (Wildman–Crippen MR) is 128 cm³/mol. The summed E-state index contributed by atoms with van der Waals surface area (Å²) in [6.07, 6.45) is 4.34. The number of likely N-dealkylation sites (tertiary alicyclic amines) is 2. The van der Waals surface area contributed by atoms with Gasteiger partial charge < -0.3 is 15.2 Å². The Morgan fingerprint density at radius 3 is 2.64 bits per heavy atom. The van der Waals surface area contributed by atoms with E-state index in [1.807, 2.05) is 41.4 Å². The topological polar surface area (TPSA) is 68.4 Å². The van der Waals surface area contributed by atoms with E-state index in [0.29, 0.717) is 24.6 Å². The van der Waals surface area contributed by atoms with Gasteiger partial charge in [0.25, 0.3) is 5.91 Å². The molecule has 170 valence electrons. The Hall–Kier alpha value is -3.12. The number of aromatic amines is 1. The molecule has 0 radical (unpaired) electrons. The van der Waals surface area contributed by atoms with E-state index in [1.54, 1.807) is 0 Å². The van der Waals surface area contributed by atoms with Crippen LogP contribution >= 0.6 is 0 Å². The zero-order chi connectivity index (χ0) is 22.4. The lowest BCUT2D eigenvalue weighted by molar-refractivity contribution is -0.131. The first-order chi connectivity index (χ1) is 16.1.